The first-order valence-corrected chi connectivity index (χ1v) is 4.85. The van der Waals surface area contributed by atoms with Gasteiger partial charge < -0.3 is 5.32 Å². The van der Waals surface area contributed by atoms with Gasteiger partial charge in [0.2, 0.25) is 5.95 Å². The van der Waals surface area contributed by atoms with Crippen LogP contribution >= 0.6 is 0 Å². The van der Waals surface area contributed by atoms with E-state index in [0.29, 0.717) is 11.6 Å². The monoisotopic (exact) mass is 210 g/mol. The van der Waals surface area contributed by atoms with Crippen molar-refractivity contribution in [3.05, 3.63) is 47.8 Å². The van der Waals surface area contributed by atoms with Crippen LogP contribution in [0.4, 0.5) is 11.6 Å². The van der Waals surface area contributed by atoms with Gasteiger partial charge in [-0.15, -0.1) is 0 Å². The smallest absolute Gasteiger partial charge is 0.228 e. The summed E-state index contributed by atoms with van der Waals surface area (Å²) in [6.45, 7) is 2.00. The molecule has 0 aliphatic rings. The molecule has 0 unspecified atom stereocenters. The van der Waals surface area contributed by atoms with Crippen molar-refractivity contribution >= 4 is 11.6 Å². The van der Waals surface area contributed by atoms with Crippen LogP contribution in [-0.4, -0.2) is 9.97 Å². The quantitative estimate of drug-likeness (QED) is 0.826. The summed E-state index contributed by atoms with van der Waals surface area (Å²) in [5, 5.41) is 11.8. The van der Waals surface area contributed by atoms with E-state index in [1.807, 2.05) is 37.3 Å². The van der Waals surface area contributed by atoms with Crippen molar-refractivity contribution in [3.63, 3.8) is 0 Å². The second-order valence-electron chi connectivity index (χ2n) is 3.32. The Morgan fingerprint density at radius 2 is 2.06 bits per heavy atom. The molecular weight excluding hydrogens is 200 g/mol. The standard InChI is InChI=1S/C12H10N4/c1-9-4-2-3-5-11(9)16-12-14-7-6-10(8-13)15-12/h2-7H,1H3,(H,14,15,16). The third-order valence-corrected chi connectivity index (χ3v) is 2.16. The molecule has 0 bridgehead atoms. The predicted molar refractivity (Wildman–Crippen MR) is 61.2 cm³/mol. The van der Waals surface area contributed by atoms with Crippen LogP contribution in [0.5, 0.6) is 0 Å². The van der Waals surface area contributed by atoms with Gasteiger partial charge in [-0.3, -0.25) is 0 Å². The number of anilines is 2. The number of nitrogens with zero attached hydrogens (tertiary/aromatic N) is 3. The average molecular weight is 210 g/mol. The topological polar surface area (TPSA) is 61.6 Å². The van der Waals surface area contributed by atoms with Gasteiger partial charge in [-0.05, 0) is 24.6 Å². The number of rotatable bonds is 2. The second-order valence-corrected chi connectivity index (χ2v) is 3.32. The molecule has 0 radical (unpaired) electrons. The van der Waals surface area contributed by atoms with Crippen LogP contribution in [0, 0.1) is 18.3 Å². The van der Waals surface area contributed by atoms with Crippen LogP contribution in [0.25, 0.3) is 0 Å². The molecule has 0 atom stereocenters. The minimum absolute atomic E-state index is 0.353. The van der Waals surface area contributed by atoms with E-state index in [1.165, 1.54) is 0 Å². The number of nitrogens with one attached hydrogen (secondary N) is 1. The van der Waals surface area contributed by atoms with Gasteiger partial charge in [0.25, 0.3) is 0 Å². The summed E-state index contributed by atoms with van der Waals surface area (Å²) in [4.78, 5) is 8.09. The minimum Gasteiger partial charge on any atom is -0.324 e. The highest BCUT2D eigenvalue weighted by Crippen LogP contribution is 2.16. The van der Waals surface area contributed by atoms with Gasteiger partial charge >= 0.3 is 0 Å². The molecule has 0 saturated carbocycles. The first-order valence-electron chi connectivity index (χ1n) is 4.85. The molecule has 1 heterocycles. The fourth-order valence-electron chi connectivity index (χ4n) is 1.31. The molecule has 16 heavy (non-hydrogen) atoms. The van der Waals surface area contributed by atoms with E-state index in [4.69, 9.17) is 5.26 Å². The number of para-hydroxylation sites is 1. The van der Waals surface area contributed by atoms with Gasteiger partial charge in [-0.1, -0.05) is 18.2 Å². The van der Waals surface area contributed by atoms with Gasteiger partial charge in [-0.2, -0.15) is 5.26 Å². The molecular formula is C12H10N4. The van der Waals surface area contributed by atoms with Crippen molar-refractivity contribution in [1.29, 1.82) is 5.26 Å². The Kier molecular flexibility index (Phi) is 2.79. The van der Waals surface area contributed by atoms with Crippen LogP contribution in [-0.2, 0) is 0 Å². The Bertz CT molecular complexity index is 543. The Morgan fingerprint density at radius 3 is 2.81 bits per heavy atom. The lowest BCUT2D eigenvalue weighted by Gasteiger charge is -2.06. The van der Waals surface area contributed by atoms with E-state index in [-0.39, 0.29) is 0 Å². The lowest BCUT2D eigenvalue weighted by molar-refractivity contribution is 1.14. The Morgan fingerprint density at radius 1 is 1.25 bits per heavy atom. The van der Waals surface area contributed by atoms with E-state index in [2.05, 4.69) is 15.3 Å². The van der Waals surface area contributed by atoms with E-state index >= 15 is 0 Å². The second kappa shape index (κ2) is 4.41. The molecule has 0 fully saturated rings. The zero-order valence-corrected chi connectivity index (χ0v) is 8.81. The zero-order chi connectivity index (χ0) is 11.4. The van der Waals surface area contributed by atoms with Crippen molar-refractivity contribution in [3.8, 4) is 6.07 Å². The predicted octanol–water partition coefficient (Wildman–Crippen LogP) is 2.40. The molecule has 0 saturated heterocycles. The van der Waals surface area contributed by atoms with Crippen molar-refractivity contribution in [2.45, 2.75) is 6.92 Å². The molecule has 0 aliphatic carbocycles. The van der Waals surface area contributed by atoms with Gasteiger partial charge in [0.05, 0.1) is 0 Å². The van der Waals surface area contributed by atoms with Crippen molar-refractivity contribution < 1.29 is 0 Å². The fourth-order valence-corrected chi connectivity index (χ4v) is 1.31. The lowest BCUT2D eigenvalue weighted by atomic mass is 10.2. The van der Waals surface area contributed by atoms with Crippen molar-refractivity contribution in [2.24, 2.45) is 0 Å². The number of hydrogen-bond donors (Lipinski definition) is 1. The minimum atomic E-state index is 0.353. The molecule has 2 aromatic rings. The largest absolute Gasteiger partial charge is 0.324 e. The van der Waals surface area contributed by atoms with Gasteiger partial charge in [0.1, 0.15) is 11.8 Å². The van der Waals surface area contributed by atoms with Crippen LogP contribution in [0.15, 0.2) is 36.5 Å². The third kappa shape index (κ3) is 2.15. The highest BCUT2D eigenvalue weighted by atomic mass is 15.1. The molecule has 1 aromatic heterocycles. The molecule has 78 valence electrons. The normalized spacial score (nSPS) is 9.50. The molecule has 0 aliphatic heterocycles. The molecule has 0 spiro atoms. The molecule has 1 N–H and O–H groups in total. The molecule has 4 nitrogen and oxygen atoms in total. The number of benzene rings is 1. The van der Waals surface area contributed by atoms with E-state index in [0.717, 1.165) is 11.3 Å². The summed E-state index contributed by atoms with van der Waals surface area (Å²) in [6.07, 6.45) is 1.56. The van der Waals surface area contributed by atoms with Crippen molar-refractivity contribution in [1.82, 2.24) is 9.97 Å². The van der Waals surface area contributed by atoms with Crippen LogP contribution in [0.3, 0.4) is 0 Å². The summed E-state index contributed by atoms with van der Waals surface area (Å²) >= 11 is 0. The van der Waals surface area contributed by atoms with Crippen LogP contribution < -0.4 is 5.32 Å². The zero-order valence-electron chi connectivity index (χ0n) is 8.81. The van der Waals surface area contributed by atoms with Gasteiger partial charge in [0.15, 0.2) is 0 Å². The first-order chi connectivity index (χ1) is 7.79. The Hall–Kier alpha value is -2.41. The number of aromatic nitrogens is 2. The molecule has 4 heteroatoms. The number of aryl methyl sites for hydroxylation is 1. The first kappa shape index (κ1) is 10.1. The van der Waals surface area contributed by atoms with Crippen LogP contribution in [0.1, 0.15) is 11.3 Å². The van der Waals surface area contributed by atoms with E-state index < -0.39 is 0 Å². The maximum atomic E-state index is 8.71. The summed E-state index contributed by atoms with van der Waals surface area (Å²) < 4.78 is 0. The summed E-state index contributed by atoms with van der Waals surface area (Å²) in [5.74, 6) is 0.438. The Labute approximate surface area is 93.6 Å². The molecule has 2 rings (SSSR count). The average Bonchev–Trinajstić information content (AvgIpc) is 2.32. The third-order valence-electron chi connectivity index (χ3n) is 2.16. The highest BCUT2D eigenvalue weighted by Gasteiger charge is 2.00. The van der Waals surface area contributed by atoms with Crippen LogP contribution in [0.2, 0.25) is 0 Å². The van der Waals surface area contributed by atoms with E-state index in [9.17, 15) is 0 Å². The SMILES string of the molecule is Cc1ccccc1Nc1nccc(C#N)n1. The summed E-state index contributed by atoms with van der Waals surface area (Å²) in [7, 11) is 0. The maximum absolute atomic E-state index is 8.71. The molecule has 0 amide bonds. The van der Waals surface area contributed by atoms with Gasteiger partial charge in [0, 0.05) is 11.9 Å². The fraction of sp³-hybridized carbons (Fsp3) is 0.0833. The van der Waals surface area contributed by atoms with Crippen molar-refractivity contribution in [2.75, 3.05) is 5.32 Å². The highest BCUT2D eigenvalue weighted by molar-refractivity contribution is 5.57. The lowest BCUT2D eigenvalue weighted by Crippen LogP contribution is -1.99. The van der Waals surface area contributed by atoms with E-state index in [1.54, 1.807) is 12.3 Å². The molecule has 1 aromatic carbocycles. The number of nitriles is 1. The summed E-state index contributed by atoms with van der Waals surface area (Å²) in [5.41, 5.74) is 2.40. The Balaban J connectivity index is 2.28. The maximum Gasteiger partial charge on any atom is 0.228 e. The number of hydrogen-bond acceptors (Lipinski definition) is 4. The van der Waals surface area contributed by atoms with Gasteiger partial charge in [-0.25, -0.2) is 9.97 Å². The summed E-state index contributed by atoms with van der Waals surface area (Å²) in [6, 6.07) is 11.4.